The van der Waals surface area contributed by atoms with Crippen molar-refractivity contribution in [2.45, 2.75) is 19.3 Å². The van der Waals surface area contributed by atoms with Crippen LogP contribution < -0.4 is 10.5 Å². The summed E-state index contributed by atoms with van der Waals surface area (Å²) in [5.41, 5.74) is 6.82. The smallest absolute Gasteiger partial charge is 0.119 e. The van der Waals surface area contributed by atoms with Crippen molar-refractivity contribution in [1.82, 2.24) is 0 Å². The lowest BCUT2D eigenvalue weighted by Gasteiger charge is -2.06. The van der Waals surface area contributed by atoms with Crippen LogP contribution in [0.25, 0.3) is 10.4 Å². The summed E-state index contributed by atoms with van der Waals surface area (Å²) in [4.78, 5) is 2.69. The molecule has 1 unspecified atom stereocenters. The molecular formula is C15H19NOS. The number of nitrogens with two attached hydrogens (primary N) is 1. The fraction of sp³-hybridized carbons (Fsp3) is 0.333. The highest BCUT2D eigenvalue weighted by Gasteiger charge is 2.09. The van der Waals surface area contributed by atoms with Crippen molar-refractivity contribution in [1.29, 1.82) is 0 Å². The lowest BCUT2D eigenvalue weighted by Crippen LogP contribution is -2.03. The Morgan fingerprint density at radius 2 is 2.11 bits per heavy atom. The van der Waals surface area contributed by atoms with Crippen LogP contribution in [-0.4, -0.2) is 13.7 Å². The van der Waals surface area contributed by atoms with Gasteiger partial charge in [-0.2, -0.15) is 0 Å². The maximum atomic E-state index is 5.61. The van der Waals surface area contributed by atoms with E-state index in [0.29, 0.717) is 5.92 Å². The van der Waals surface area contributed by atoms with Crippen molar-refractivity contribution in [3.05, 3.63) is 41.3 Å². The second-order valence-electron chi connectivity index (χ2n) is 4.41. The number of thiophene rings is 1. The molecule has 0 fully saturated rings. The zero-order valence-electron chi connectivity index (χ0n) is 10.8. The fourth-order valence-electron chi connectivity index (χ4n) is 1.94. The van der Waals surface area contributed by atoms with Crippen LogP contribution in [0.4, 0.5) is 0 Å². The number of ether oxygens (including phenoxy) is 1. The highest BCUT2D eigenvalue weighted by atomic mass is 32.1. The molecule has 2 rings (SSSR count). The van der Waals surface area contributed by atoms with Gasteiger partial charge in [0.15, 0.2) is 0 Å². The number of rotatable bonds is 5. The molecule has 0 bridgehead atoms. The van der Waals surface area contributed by atoms with E-state index in [1.807, 2.05) is 23.5 Å². The molecule has 0 amide bonds. The number of hydrogen-bond donors (Lipinski definition) is 1. The maximum Gasteiger partial charge on any atom is 0.119 e. The van der Waals surface area contributed by atoms with E-state index < -0.39 is 0 Å². The molecule has 2 aromatic rings. The number of methoxy groups -OCH3 is 1. The number of benzene rings is 1. The van der Waals surface area contributed by atoms with E-state index in [9.17, 15) is 0 Å². The molecule has 3 heteroatoms. The predicted molar refractivity (Wildman–Crippen MR) is 78.4 cm³/mol. The van der Waals surface area contributed by atoms with Crippen LogP contribution in [0.5, 0.6) is 5.75 Å². The van der Waals surface area contributed by atoms with Crippen LogP contribution in [0.3, 0.4) is 0 Å². The predicted octanol–water partition coefficient (Wildman–Crippen LogP) is 3.88. The van der Waals surface area contributed by atoms with E-state index in [2.05, 4.69) is 31.2 Å². The molecule has 18 heavy (non-hydrogen) atoms. The molecule has 0 saturated heterocycles. The Morgan fingerprint density at radius 3 is 2.83 bits per heavy atom. The van der Waals surface area contributed by atoms with Crippen LogP contribution in [0.2, 0.25) is 0 Å². The van der Waals surface area contributed by atoms with Crippen molar-refractivity contribution in [3.63, 3.8) is 0 Å². The van der Waals surface area contributed by atoms with Gasteiger partial charge in [0, 0.05) is 9.75 Å². The normalized spacial score (nSPS) is 12.4. The van der Waals surface area contributed by atoms with Crippen molar-refractivity contribution in [2.75, 3.05) is 13.7 Å². The van der Waals surface area contributed by atoms with E-state index in [-0.39, 0.29) is 0 Å². The highest BCUT2D eigenvalue weighted by Crippen LogP contribution is 2.34. The van der Waals surface area contributed by atoms with Crippen LogP contribution in [-0.2, 0) is 0 Å². The van der Waals surface area contributed by atoms with Crippen molar-refractivity contribution in [2.24, 2.45) is 5.73 Å². The molecule has 0 radical (unpaired) electrons. The Bertz CT molecular complexity index is 507. The van der Waals surface area contributed by atoms with Crippen LogP contribution in [0.1, 0.15) is 24.1 Å². The summed E-state index contributed by atoms with van der Waals surface area (Å²) in [6.45, 7) is 2.97. The van der Waals surface area contributed by atoms with E-state index in [0.717, 1.165) is 18.7 Å². The lowest BCUT2D eigenvalue weighted by atomic mass is 10.1. The van der Waals surface area contributed by atoms with Crippen LogP contribution >= 0.6 is 11.3 Å². The third kappa shape index (κ3) is 2.92. The fourth-order valence-corrected chi connectivity index (χ4v) is 3.03. The van der Waals surface area contributed by atoms with Gasteiger partial charge in [-0.25, -0.2) is 0 Å². The van der Waals surface area contributed by atoms with Gasteiger partial charge in [0.25, 0.3) is 0 Å². The van der Waals surface area contributed by atoms with Gasteiger partial charge >= 0.3 is 0 Å². The van der Waals surface area contributed by atoms with Gasteiger partial charge in [-0.05, 0) is 48.7 Å². The molecule has 0 aliphatic carbocycles. The van der Waals surface area contributed by atoms with Gasteiger partial charge in [0.05, 0.1) is 7.11 Å². The average molecular weight is 261 g/mol. The Balaban J connectivity index is 2.23. The third-order valence-corrected chi connectivity index (χ3v) is 4.43. The van der Waals surface area contributed by atoms with Gasteiger partial charge in [0.2, 0.25) is 0 Å². The molecule has 0 aliphatic heterocycles. The molecule has 96 valence electrons. The molecule has 2 nitrogen and oxygen atoms in total. The minimum Gasteiger partial charge on any atom is -0.497 e. The zero-order chi connectivity index (χ0) is 13.0. The highest BCUT2D eigenvalue weighted by molar-refractivity contribution is 7.15. The summed E-state index contributed by atoms with van der Waals surface area (Å²) in [6.07, 6.45) is 1.04. The molecule has 0 spiro atoms. The Labute approximate surface area is 112 Å². The summed E-state index contributed by atoms with van der Waals surface area (Å²) < 4.78 is 5.26. The number of hydrogen-bond acceptors (Lipinski definition) is 3. The monoisotopic (exact) mass is 261 g/mol. The quantitative estimate of drug-likeness (QED) is 0.886. The Hall–Kier alpha value is -1.32. The van der Waals surface area contributed by atoms with Crippen molar-refractivity contribution < 1.29 is 4.74 Å². The summed E-state index contributed by atoms with van der Waals surface area (Å²) in [7, 11) is 1.70. The first kappa shape index (κ1) is 13.1. The standard InChI is InChI=1S/C15H19NOS/c1-11(8-9-16)14-6-7-15(18-14)12-4-3-5-13(10-12)17-2/h3-7,10-11H,8-9,16H2,1-2H3. The zero-order valence-corrected chi connectivity index (χ0v) is 11.7. The first-order valence-electron chi connectivity index (χ1n) is 6.19. The van der Waals surface area contributed by atoms with Crippen LogP contribution in [0, 0.1) is 0 Å². The molecule has 1 heterocycles. The Kier molecular flexibility index (Phi) is 4.39. The van der Waals surface area contributed by atoms with E-state index in [1.54, 1.807) is 7.11 Å². The summed E-state index contributed by atoms with van der Waals surface area (Å²) in [6, 6.07) is 12.6. The largest absolute Gasteiger partial charge is 0.497 e. The van der Waals surface area contributed by atoms with Crippen molar-refractivity contribution >= 4 is 11.3 Å². The van der Waals surface area contributed by atoms with E-state index in [1.165, 1.54) is 15.3 Å². The molecule has 1 aromatic carbocycles. The third-order valence-electron chi connectivity index (χ3n) is 3.07. The molecule has 0 saturated carbocycles. The minimum absolute atomic E-state index is 0.541. The molecular weight excluding hydrogens is 242 g/mol. The van der Waals surface area contributed by atoms with Gasteiger partial charge in [-0.1, -0.05) is 19.1 Å². The second kappa shape index (κ2) is 6.03. The molecule has 2 N–H and O–H groups in total. The van der Waals surface area contributed by atoms with Gasteiger partial charge < -0.3 is 10.5 Å². The molecule has 0 aliphatic rings. The van der Waals surface area contributed by atoms with Gasteiger partial charge in [-0.3, -0.25) is 0 Å². The lowest BCUT2D eigenvalue weighted by molar-refractivity contribution is 0.415. The second-order valence-corrected chi connectivity index (χ2v) is 5.53. The van der Waals surface area contributed by atoms with E-state index >= 15 is 0 Å². The summed E-state index contributed by atoms with van der Waals surface area (Å²) in [5, 5.41) is 0. The SMILES string of the molecule is COc1cccc(-c2ccc(C(C)CCN)s2)c1. The summed E-state index contributed by atoms with van der Waals surface area (Å²) >= 11 is 1.84. The van der Waals surface area contributed by atoms with Crippen LogP contribution in [0.15, 0.2) is 36.4 Å². The first-order chi connectivity index (χ1) is 8.74. The first-order valence-corrected chi connectivity index (χ1v) is 7.00. The van der Waals surface area contributed by atoms with E-state index in [4.69, 9.17) is 10.5 Å². The van der Waals surface area contributed by atoms with Gasteiger partial charge in [-0.15, -0.1) is 11.3 Å². The summed E-state index contributed by atoms with van der Waals surface area (Å²) in [5.74, 6) is 1.44. The minimum atomic E-state index is 0.541. The average Bonchev–Trinajstić information content (AvgIpc) is 2.89. The van der Waals surface area contributed by atoms with Gasteiger partial charge in [0.1, 0.15) is 5.75 Å². The Morgan fingerprint density at radius 1 is 1.28 bits per heavy atom. The molecule has 1 atom stereocenters. The van der Waals surface area contributed by atoms with Crippen molar-refractivity contribution in [3.8, 4) is 16.2 Å². The topological polar surface area (TPSA) is 35.2 Å². The molecule has 1 aromatic heterocycles. The maximum absolute atomic E-state index is 5.61.